The van der Waals surface area contributed by atoms with Crippen LogP contribution in [0.4, 0.5) is 11.4 Å². The molecule has 1 aromatic heterocycles. The first-order valence-corrected chi connectivity index (χ1v) is 10.4. The summed E-state index contributed by atoms with van der Waals surface area (Å²) in [7, 11) is 0. The number of halogens is 2. The van der Waals surface area contributed by atoms with E-state index in [0.29, 0.717) is 27.8 Å². The van der Waals surface area contributed by atoms with Crippen LogP contribution in [0.1, 0.15) is 32.0 Å². The summed E-state index contributed by atoms with van der Waals surface area (Å²) < 4.78 is 0. The van der Waals surface area contributed by atoms with Gasteiger partial charge in [0.25, 0.3) is 11.8 Å². The molecule has 1 N–H and O–H groups in total. The number of nitrogens with zero attached hydrogens (tertiary/aromatic N) is 1. The molecule has 0 bridgehead atoms. The zero-order valence-electron chi connectivity index (χ0n) is 14.7. The molecular weight excluding hydrogens is 415 g/mol. The molecule has 0 aliphatic carbocycles. The summed E-state index contributed by atoms with van der Waals surface area (Å²) >= 11 is 13.3. The molecule has 2 aromatic carbocycles. The molecule has 0 fully saturated rings. The molecule has 1 aliphatic heterocycles. The van der Waals surface area contributed by atoms with Gasteiger partial charge in [-0.3, -0.25) is 9.59 Å². The average molecular weight is 431 g/mol. The Bertz CT molecular complexity index is 1050. The smallest absolute Gasteiger partial charge is 0.268 e. The van der Waals surface area contributed by atoms with Gasteiger partial charge < -0.3 is 10.2 Å². The summed E-state index contributed by atoms with van der Waals surface area (Å²) in [4.78, 5) is 27.8. The van der Waals surface area contributed by atoms with Crippen LogP contribution >= 0.6 is 34.5 Å². The van der Waals surface area contributed by atoms with Gasteiger partial charge in [0.1, 0.15) is 0 Å². The largest absolute Gasteiger partial charge is 0.322 e. The maximum atomic E-state index is 12.8. The lowest BCUT2D eigenvalue weighted by atomic mass is 10.0. The van der Waals surface area contributed by atoms with E-state index in [1.807, 2.05) is 40.6 Å². The first-order valence-electron chi connectivity index (χ1n) is 8.77. The molecule has 1 aliphatic rings. The fraction of sp³-hybridized carbons (Fsp3) is 0.143. The molecule has 0 saturated heterocycles. The van der Waals surface area contributed by atoms with Crippen molar-refractivity contribution in [1.29, 1.82) is 0 Å². The Kier molecular flexibility index (Phi) is 5.40. The average Bonchev–Trinajstić information content (AvgIpc) is 3.23. The zero-order chi connectivity index (χ0) is 19.7. The van der Waals surface area contributed by atoms with Crippen molar-refractivity contribution in [1.82, 2.24) is 0 Å². The van der Waals surface area contributed by atoms with Crippen LogP contribution in [-0.4, -0.2) is 18.4 Å². The quantitative estimate of drug-likeness (QED) is 0.561. The van der Waals surface area contributed by atoms with Crippen LogP contribution in [0.25, 0.3) is 0 Å². The monoisotopic (exact) mass is 430 g/mol. The second kappa shape index (κ2) is 7.95. The maximum Gasteiger partial charge on any atom is 0.268 e. The number of thiophene rings is 1. The number of hydrogen-bond acceptors (Lipinski definition) is 3. The van der Waals surface area contributed by atoms with Crippen molar-refractivity contribution in [3.05, 3.63) is 80.0 Å². The van der Waals surface area contributed by atoms with Crippen LogP contribution in [0.5, 0.6) is 0 Å². The Morgan fingerprint density at radius 3 is 2.64 bits per heavy atom. The van der Waals surface area contributed by atoms with Crippen molar-refractivity contribution in [2.45, 2.75) is 12.8 Å². The van der Waals surface area contributed by atoms with Gasteiger partial charge in [-0.05, 0) is 66.2 Å². The van der Waals surface area contributed by atoms with Gasteiger partial charge in [0.2, 0.25) is 0 Å². The number of nitrogens with one attached hydrogen (secondary N) is 1. The number of carbonyl (C=O) groups excluding carboxylic acids is 2. The highest BCUT2D eigenvalue weighted by molar-refractivity contribution is 7.12. The van der Waals surface area contributed by atoms with Gasteiger partial charge in [-0.25, -0.2) is 0 Å². The van der Waals surface area contributed by atoms with E-state index in [1.165, 1.54) is 11.3 Å². The fourth-order valence-corrected chi connectivity index (χ4v) is 4.23. The first-order chi connectivity index (χ1) is 13.5. The number of carbonyl (C=O) groups is 2. The van der Waals surface area contributed by atoms with Gasteiger partial charge in [0.15, 0.2) is 0 Å². The Labute approximate surface area is 176 Å². The van der Waals surface area contributed by atoms with E-state index in [-0.39, 0.29) is 11.8 Å². The minimum Gasteiger partial charge on any atom is -0.322 e. The Hall–Kier alpha value is -2.34. The minimum absolute atomic E-state index is 0.0172. The van der Waals surface area contributed by atoms with Crippen molar-refractivity contribution in [2.75, 3.05) is 16.8 Å². The molecule has 2 heterocycles. The molecular formula is C21H16Cl2N2O2S. The molecule has 0 spiro atoms. The lowest BCUT2D eigenvalue weighted by Crippen LogP contribution is -2.35. The van der Waals surface area contributed by atoms with Crippen LogP contribution < -0.4 is 10.2 Å². The second-order valence-corrected chi connectivity index (χ2v) is 8.23. The number of anilines is 2. The fourth-order valence-electron chi connectivity index (χ4n) is 3.26. The Morgan fingerprint density at radius 1 is 1.04 bits per heavy atom. The van der Waals surface area contributed by atoms with Crippen LogP contribution in [-0.2, 0) is 6.42 Å². The van der Waals surface area contributed by atoms with Gasteiger partial charge in [0, 0.05) is 23.5 Å². The molecule has 0 unspecified atom stereocenters. The summed E-state index contributed by atoms with van der Waals surface area (Å²) in [5.74, 6) is -0.246. The van der Waals surface area contributed by atoms with Gasteiger partial charge >= 0.3 is 0 Å². The predicted octanol–water partition coefficient (Wildman–Crippen LogP) is 5.90. The third kappa shape index (κ3) is 3.78. The molecule has 7 heteroatoms. The molecule has 4 nitrogen and oxygen atoms in total. The highest BCUT2D eigenvalue weighted by Crippen LogP contribution is 2.32. The van der Waals surface area contributed by atoms with Crippen LogP contribution in [0.3, 0.4) is 0 Å². The number of benzene rings is 2. The summed E-state index contributed by atoms with van der Waals surface area (Å²) in [6.45, 7) is 0.693. The third-order valence-electron chi connectivity index (χ3n) is 4.61. The van der Waals surface area contributed by atoms with Gasteiger partial charge in [0.05, 0.1) is 14.9 Å². The van der Waals surface area contributed by atoms with Crippen LogP contribution in [0.15, 0.2) is 53.9 Å². The lowest BCUT2D eigenvalue weighted by Gasteiger charge is -2.29. The van der Waals surface area contributed by atoms with Crippen molar-refractivity contribution in [3.8, 4) is 0 Å². The molecule has 28 heavy (non-hydrogen) atoms. The summed E-state index contributed by atoms with van der Waals surface area (Å²) in [6, 6.07) is 14.1. The molecule has 4 rings (SSSR count). The normalized spacial score (nSPS) is 13.1. The van der Waals surface area contributed by atoms with E-state index >= 15 is 0 Å². The van der Waals surface area contributed by atoms with Crippen molar-refractivity contribution < 1.29 is 9.59 Å². The number of fused-ring (bicyclic) bond motifs is 1. The standard InChI is InChI=1S/C21H16Cl2N2O2S/c22-16-7-5-14(12-17(16)23)20(26)24-15-6-8-18-13(11-15)3-1-9-25(18)21(27)19-4-2-10-28-19/h2,4-8,10-12H,1,3,9H2,(H,24,26). The van der Waals surface area contributed by atoms with Crippen molar-refractivity contribution >= 4 is 57.7 Å². The number of amides is 2. The topological polar surface area (TPSA) is 49.4 Å². The molecule has 0 saturated carbocycles. The zero-order valence-corrected chi connectivity index (χ0v) is 17.1. The lowest BCUT2D eigenvalue weighted by molar-refractivity contribution is 0.0987. The first kappa shape index (κ1) is 19.0. The summed E-state index contributed by atoms with van der Waals surface area (Å²) in [5.41, 5.74) is 3.06. The summed E-state index contributed by atoms with van der Waals surface area (Å²) in [5, 5.41) is 5.53. The van der Waals surface area contributed by atoms with Gasteiger partial charge in [-0.1, -0.05) is 29.3 Å². The van der Waals surface area contributed by atoms with Gasteiger partial charge in [-0.2, -0.15) is 0 Å². The minimum atomic E-state index is -0.263. The van der Waals surface area contributed by atoms with Crippen LogP contribution in [0, 0.1) is 0 Å². The molecule has 0 atom stereocenters. The van der Waals surface area contributed by atoms with E-state index in [1.54, 1.807) is 18.2 Å². The van der Waals surface area contributed by atoms with E-state index in [9.17, 15) is 9.59 Å². The molecule has 2 amide bonds. The van der Waals surface area contributed by atoms with E-state index in [2.05, 4.69) is 5.32 Å². The SMILES string of the molecule is O=C(Nc1ccc2c(c1)CCCN2C(=O)c1cccs1)c1ccc(Cl)c(Cl)c1. The number of aryl methyl sites for hydroxylation is 1. The predicted molar refractivity (Wildman–Crippen MR) is 115 cm³/mol. The number of hydrogen-bond donors (Lipinski definition) is 1. The van der Waals surface area contributed by atoms with Gasteiger partial charge in [-0.15, -0.1) is 11.3 Å². The maximum absolute atomic E-state index is 12.8. The van der Waals surface area contributed by atoms with Crippen molar-refractivity contribution in [3.63, 3.8) is 0 Å². The van der Waals surface area contributed by atoms with E-state index < -0.39 is 0 Å². The number of rotatable bonds is 3. The second-order valence-electron chi connectivity index (χ2n) is 6.46. The molecule has 3 aromatic rings. The highest BCUT2D eigenvalue weighted by atomic mass is 35.5. The molecule has 142 valence electrons. The summed E-state index contributed by atoms with van der Waals surface area (Å²) in [6.07, 6.45) is 1.74. The van der Waals surface area contributed by atoms with E-state index in [0.717, 1.165) is 29.0 Å². The third-order valence-corrected chi connectivity index (χ3v) is 6.21. The Morgan fingerprint density at radius 2 is 1.89 bits per heavy atom. The Balaban J connectivity index is 1.56. The van der Waals surface area contributed by atoms with Crippen molar-refractivity contribution in [2.24, 2.45) is 0 Å². The van der Waals surface area contributed by atoms with E-state index in [4.69, 9.17) is 23.2 Å². The van der Waals surface area contributed by atoms with Crippen LogP contribution in [0.2, 0.25) is 10.0 Å². The highest BCUT2D eigenvalue weighted by Gasteiger charge is 2.24. The molecule has 0 radical (unpaired) electrons.